The van der Waals surface area contributed by atoms with E-state index in [0.29, 0.717) is 19.6 Å². The first-order valence-electron chi connectivity index (χ1n) is 4.95. The Hall–Kier alpha value is -1.06. The van der Waals surface area contributed by atoms with Crippen molar-refractivity contribution in [2.75, 3.05) is 13.2 Å². The number of carbonyl (C=O) groups is 2. The van der Waals surface area contributed by atoms with Crippen LogP contribution in [0.25, 0.3) is 0 Å². The first-order valence-corrected chi connectivity index (χ1v) is 4.95. The summed E-state index contributed by atoms with van der Waals surface area (Å²) < 4.78 is 9.50. The van der Waals surface area contributed by atoms with Gasteiger partial charge in [0.15, 0.2) is 0 Å². The molecule has 0 unspecified atom stereocenters. The highest BCUT2D eigenvalue weighted by molar-refractivity contribution is 5.69. The third-order valence-electron chi connectivity index (χ3n) is 1.64. The molecule has 0 aromatic rings. The molecular formula is C10H18O4. The molecule has 0 atom stereocenters. The Balaban J connectivity index is 3.13. The van der Waals surface area contributed by atoms with E-state index in [1.165, 1.54) is 6.92 Å². The van der Waals surface area contributed by atoms with Crippen LogP contribution in [0.3, 0.4) is 0 Å². The standard InChI is InChI=1S/C10H18O4/c1-3-13-10(12)7-5-4-6-8-14-9(2)11/h3-8H2,1-2H3. The van der Waals surface area contributed by atoms with Gasteiger partial charge in [-0.2, -0.15) is 0 Å². The molecule has 0 amide bonds. The number of hydrogen-bond acceptors (Lipinski definition) is 4. The molecule has 0 rings (SSSR count). The van der Waals surface area contributed by atoms with Gasteiger partial charge in [0.25, 0.3) is 0 Å². The number of ether oxygens (including phenoxy) is 2. The molecule has 0 heterocycles. The lowest BCUT2D eigenvalue weighted by molar-refractivity contribution is -0.144. The Morgan fingerprint density at radius 2 is 1.79 bits per heavy atom. The SMILES string of the molecule is CCOC(=O)CCCCCOC(C)=O. The largest absolute Gasteiger partial charge is 0.466 e. The second-order valence-electron chi connectivity index (χ2n) is 2.96. The van der Waals surface area contributed by atoms with Crippen molar-refractivity contribution in [2.24, 2.45) is 0 Å². The molecular weight excluding hydrogens is 184 g/mol. The van der Waals surface area contributed by atoms with Crippen molar-refractivity contribution >= 4 is 11.9 Å². The fourth-order valence-corrected chi connectivity index (χ4v) is 0.997. The Labute approximate surface area is 84.6 Å². The van der Waals surface area contributed by atoms with Crippen LogP contribution in [-0.4, -0.2) is 25.2 Å². The molecule has 82 valence electrons. The van der Waals surface area contributed by atoms with Crippen molar-refractivity contribution in [2.45, 2.75) is 39.5 Å². The Morgan fingerprint density at radius 1 is 1.07 bits per heavy atom. The molecule has 4 nitrogen and oxygen atoms in total. The van der Waals surface area contributed by atoms with E-state index in [-0.39, 0.29) is 11.9 Å². The van der Waals surface area contributed by atoms with E-state index in [0.717, 1.165) is 19.3 Å². The highest BCUT2D eigenvalue weighted by Crippen LogP contribution is 2.01. The molecule has 0 saturated heterocycles. The van der Waals surface area contributed by atoms with Crippen molar-refractivity contribution < 1.29 is 19.1 Å². The van der Waals surface area contributed by atoms with Crippen molar-refractivity contribution in [3.63, 3.8) is 0 Å². The van der Waals surface area contributed by atoms with Gasteiger partial charge in [0.05, 0.1) is 13.2 Å². The second kappa shape index (κ2) is 8.53. The van der Waals surface area contributed by atoms with Crippen LogP contribution in [0.4, 0.5) is 0 Å². The quantitative estimate of drug-likeness (QED) is 0.465. The number of rotatable bonds is 7. The smallest absolute Gasteiger partial charge is 0.305 e. The summed E-state index contributed by atoms with van der Waals surface area (Å²) in [5, 5.41) is 0. The Bertz CT molecular complexity index is 177. The lowest BCUT2D eigenvalue weighted by Crippen LogP contribution is -2.04. The number of esters is 2. The summed E-state index contributed by atoms with van der Waals surface area (Å²) in [5.74, 6) is -0.407. The van der Waals surface area contributed by atoms with Gasteiger partial charge < -0.3 is 9.47 Å². The number of unbranched alkanes of at least 4 members (excludes halogenated alkanes) is 2. The zero-order valence-corrected chi connectivity index (χ0v) is 8.88. The molecule has 0 bridgehead atoms. The average molecular weight is 202 g/mol. The molecule has 4 heteroatoms. The molecule has 0 saturated carbocycles. The van der Waals surface area contributed by atoms with Crippen molar-refractivity contribution in [3.05, 3.63) is 0 Å². The summed E-state index contributed by atoms with van der Waals surface area (Å²) in [6.45, 7) is 4.06. The molecule has 0 radical (unpaired) electrons. The maximum atomic E-state index is 10.9. The minimum Gasteiger partial charge on any atom is -0.466 e. The van der Waals surface area contributed by atoms with Crippen LogP contribution in [0.2, 0.25) is 0 Å². The van der Waals surface area contributed by atoms with E-state index in [2.05, 4.69) is 0 Å². The molecule has 0 aliphatic carbocycles. The van der Waals surface area contributed by atoms with E-state index in [9.17, 15) is 9.59 Å². The molecule has 0 spiro atoms. The van der Waals surface area contributed by atoms with E-state index < -0.39 is 0 Å². The third-order valence-corrected chi connectivity index (χ3v) is 1.64. The van der Waals surface area contributed by atoms with Gasteiger partial charge in [0.1, 0.15) is 0 Å². The van der Waals surface area contributed by atoms with Crippen LogP contribution in [0, 0.1) is 0 Å². The van der Waals surface area contributed by atoms with Crippen LogP contribution in [0.1, 0.15) is 39.5 Å². The van der Waals surface area contributed by atoms with Gasteiger partial charge in [0.2, 0.25) is 0 Å². The maximum Gasteiger partial charge on any atom is 0.305 e. The van der Waals surface area contributed by atoms with Gasteiger partial charge in [0, 0.05) is 13.3 Å². The van der Waals surface area contributed by atoms with E-state index in [1.54, 1.807) is 6.92 Å². The summed E-state index contributed by atoms with van der Waals surface area (Å²) in [6, 6.07) is 0. The molecule has 0 aromatic carbocycles. The van der Waals surface area contributed by atoms with E-state index >= 15 is 0 Å². The number of carbonyl (C=O) groups excluding carboxylic acids is 2. The van der Waals surface area contributed by atoms with Crippen LogP contribution in [0.5, 0.6) is 0 Å². The van der Waals surface area contributed by atoms with Gasteiger partial charge in [-0.3, -0.25) is 9.59 Å². The molecule has 0 aliphatic heterocycles. The Morgan fingerprint density at radius 3 is 2.36 bits per heavy atom. The van der Waals surface area contributed by atoms with Gasteiger partial charge in [-0.05, 0) is 26.2 Å². The second-order valence-corrected chi connectivity index (χ2v) is 2.96. The lowest BCUT2D eigenvalue weighted by atomic mass is 10.2. The van der Waals surface area contributed by atoms with Crippen LogP contribution < -0.4 is 0 Å². The minimum atomic E-state index is -0.254. The first kappa shape index (κ1) is 12.9. The van der Waals surface area contributed by atoms with Crippen LogP contribution >= 0.6 is 0 Å². The summed E-state index contributed by atoms with van der Waals surface area (Å²) >= 11 is 0. The summed E-state index contributed by atoms with van der Waals surface area (Å²) in [7, 11) is 0. The summed E-state index contributed by atoms with van der Waals surface area (Å²) in [6.07, 6.45) is 2.93. The van der Waals surface area contributed by atoms with Gasteiger partial charge in [-0.1, -0.05) is 0 Å². The monoisotopic (exact) mass is 202 g/mol. The summed E-state index contributed by atoms with van der Waals surface area (Å²) in [5.41, 5.74) is 0. The normalized spacial score (nSPS) is 9.57. The highest BCUT2D eigenvalue weighted by Gasteiger charge is 2.00. The molecule has 0 aliphatic rings. The Kier molecular flexibility index (Phi) is 7.89. The fraction of sp³-hybridized carbons (Fsp3) is 0.800. The topological polar surface area (TPSA) is 52.6 Å². The molecule has 0 aromatic heterocycles. The molecule has 0 N–H and O–H groups in total. The number of hydrogen-bond donors (Lipinski definition) is 0. The zero-order chi connectivity index (χ0) is 10.8. The van der Waals surface area contributed by atoms with Gasteiger partial charge >= 0.3 is 11.9 Å². The highest BCUT2D eigenvalue weighted by atomic mass is 16.5. The third kappa shape index (κ3) is 9.03. The van der Waals surface area contributed by atoms with Gasteiger partial charge in [-0.25, -0.2) is 0 Å². The average Bonchev–Trinajstić information content (AvgIpc) is 2.11. The van der Waals surface area contributed by atoms with E-state index in [4.69, 9.17) is 9.47 Å². The van der Waals surface area contributed by atoms with E-state index in [1.807, 2.05) is 0 Å². The predicted molar refractivity (Wildman–Crippen MR) is 51.7 cm³/mol. The predicted octanol–water partition coefficient (Wildman–Crippen LogP) is 1.67. The lowest BCUT2D eigenvalue weighted by Gasteiger charge is -2.02. The zero-order valence-electron chi connectivity index (χ0n) is 8.88. The summed E-state index contributed by atoms with van der Waals surface area (Å²) in [4.78, 5) is 21.2. The van der Waals surface area contributed by atoms with Crippen molar-refractivity contribution in [1.29, 1.82) is 0 Å². The van der Waals surface area contributed by atoms with Crippen molar-refractivity contribution in [1.82, 2.24) is 0 Å². The minimum absolute atomic E-state index is 0.153. The van der Waals surface area contributed by atoms with Crippen molar-refractivity contribution in [3.8, 4) is 0 Å². The molecule has 14 heavy (non-hydrogen) atoms. The molecule has 0 fully saturated rings. The van der Waals surface area contributed by atoms with Crippen LogP contribution in [-0.2, 0) is 19.1 Å². The maximum absolute atomic E-state index is 10.9. The van der Waals surface area contributed by atoms with Gasteiger partial charge in [-0.15, -0.1) is 0 Å². The van der Waals surface area contributed by atoms with Crippen LogP contribution in [0.15, 0.2) is 0 Å². The fourth-order valence-electron chi connectivity index (χ4n) is 0.997. The first-order chi connectivity index (χ1) is 6.66.